The fraction of sp³-hybridized carbons (Fsp3) is 0.308. The standard InChI is InChI=1S/C13H16N4S/c1-11-5-7-16-13(17-11)18-9-8-14-10-12-4-2-3-6-15-12/h2-7,14H,8-10H2,1H3. The summed E-state index contributed by atoms with van der Waals surface area (Å²) >= 11 is 1.66. The maximum absolute atomic E-state index is 4.34. The first-order valence-electron chi connectivity index (χ1n) is 5.87. The van der Waals surface area contributed by atoms with Gasteiger partial charge in [0, 0.05) is 36.9 Å². The monoisotopic (exact) mass is 260 g/mol. The lowest BCUT2D eigenvalue weighted by atomic mass is 10.3. The first-order valence-corrected chi connectivity index (χ1v) is 6.86. The molecule has 0 amide bonds. The summed E-state index contributed by atoms with van der Waals surface area (Å²) in [5.41, 5.74) is 2.07. The molecule has 0 aliphatic heterocycles. The summed E-state index contributed by atoms with van der Waals surface area (Å²) in [5, 5.41) is 4.19. The van der Waals surface area contributed by atoms with Crippen molar-refractivity contribution in [1.82, 2.24) is 20.3 Å². The Morgan fingerprint density at radius 3 is 2.89 bits per heavy atom. The largest absolute Gasteiger partial charge is 0.310 e. The summed E-state index contributed by atoms with van der Waals surface area (Å²) < 4.78 is 0. The number of aromatic nitrogens is 3. The zero-order chi connectivity index (χ0) is 12.6. The molecule has 0 radical (unpaired) electrons. The summed E-state index contributed by atoms with van der Waals surface area (Å²) in [6, 6.07) is 7.85. The summed E-state index contributed by atoms with van der Waals surface area (Å²) in [4.78, 5) is 12.8. The highest BCUT2D eigenvalue weighted by Gasteiger charge is 1.97. The molecule has 1 N–H and O–H groups in total. The smallest absolute Gasteiger partial charge is 0.187 e. The lowest BCUT2D eigenvalue weighted by Crippen LogP contribution is -2.17. The van der Waals surface area contributed by atoms with E-state index >= 15 is 0 Å². The van der Waals surface area contributed by atoms with Gasteiger partial charge < -0.3 is 5.32 Å². The van der Waals surface area contributed by atoms with E-state index < -0.39 is 0 Å². The van der Waals surface area contributed by atoms with Gasteiger partial charge in [0.2, 0.25) is 0 Å². The molecule has 4 nitrogen and oxygen atoms in total. The molecule has 18 heavy (non-hydrogen) atoms. The molecule has 5 heteroatoms. The Kier molecular flexibility index (Phi) is 5.11. The van der Waals surface area contributed by atoms with Crippen LogP contribution in [0.5, 0.6) is 0 Å². The van der Waals surface area contributed by atoms with Gasteiger partial charge in [-0.1, -0.05) is 17.8 Å². The maximum Gasteiger partial charge on any atom is 0.187 e. The fourth-order valence-corrected chi connectivity index (χ4v) is 2.20. The second kappa shape index (κ2) is 7.08. The van der Waals surface area contributed by atoms with Crippen molar-refractivity contribution in [3.8, 4) is 0 Å². The van der Waals surface area contributed by atoms with E-state index in [1.165, 1.54) is 0 Å². The molecular formula is C13H16N4S. The van der Waals surface area contributed by atoms with Gasteiger partial charge in [0.05, 0.1) is 5.69 Å². The fourth-order valence-electron chi connectivity index (χ4n) is 1.43. The predicted octanol–water partition coefficient (Wildman–Crippen LogP) is 2.06. The van der Waals surface area contributed by atoms with Gasteiger partial charge in [0.15, 0.2) is 5.16 Å². The maximum atomic E-state index is 4.34. The van der Waals surface area contributed by atoms with Gasteiger partial charge in [0.1, 0.15) is 0 Å². The minimum absolute atomic E-state index is 0.802. The molecule has 2 aromatic rings. The molecular weight excluding hydrogens is 244 g/mol. The van der Waals surface area contributed by atoms with Crippen LogP contribution >= 0.6 is 11.8 Å². The molecule has 0 aromatic carbocycles. The van der Waals surface area contributed by atoms with E-state index in [9.17, 15) is 0 Å². The van der Waals surface area contributed by atoms with Crippen molar-refractivity contribution in [3.05, 3.63) is 48.0 Å². The van der Waals surface area contributed by atoms with Crippen LogP contribution in [0.2, 0.25) is 0 Å². The number of nitrogens with one attached hydrogen (secondary N) is 1. The highest BCUT2D eigenvalue weighted by molar-refractivity contribution is 7.99. The van der Waals surface area contributed by atoms with Crippen LogP contribution in [0.25, 0.3) is 0 Å². The van der Waals surface area contributed by atoms with Crippen molar-refractivity contribution >= 4 is 11.8 Å². The topological polar surface area (TPSA) is 50.7 Å². The highest BCUT2D eigenvalue weighted by Crippen LogP contribution is 2.10. The van der Waals surface area contributed by atoms with Crippen molar-refractivity contribution < 1.29 is 0 Å². The third-order valence-electron chi connectivity index (χ3n) is 2.31. The first-order chi connectivity index (χ1) is 8.84. The van der Waals surface area contributed by atoms with Crippen LogP contribution in [0.15, 0.2) is 41.8 Å². The lowest BCUT2D eigenvalue weighted by Gasteiger charge is -2.03. The van der Waals surface area contributed by atoms with Crippen LogP contribution in [0.3, 0.4) is 0 Å². The van der Waals surface area contributed by atoms with E-state index in [1.807, 2.05) is 37.4 Å². The highest BCUT2D eigenvalue weighted by atomic mass is 32.2. The van der Waals surface area contributed by atoms with Gasteiger partial charge in [-0.2, -0.15) is 0 Å². The first kappa shape index (κ1) is 13.0. The number of hydrogen-bond donors (Lipinski definition) is 1. The Labute approximate surface area is 111 Å². The van der Waals surface area contributed by atoms with E-state index in [1.54, 1.807) is 18.0 Å². The minimum atomic E-state index is 0.802. The minimum Gasteiger partial charge on any atom is -0.310 e. The molecule has 0 saturated heterocycles. The molecule has 2 aromatic heterocycles. The molecule has 0 atom stereocenters. The molecule has 0 saturated carbocycles. The Hall–Kier alpha value is -1.46. The quantitative estimate of drug-likeness (QED) is 0.489. The van der Waals surface area contributed by atoms with Gasteiger partial charge in [-0.25, -0.2) is 9.97 Å². The van der Waals surface area contributed by atoms with Crippen molar-refractivity contribution in [2.75, 3.05) is 12.3 Å². The van der Waals surface area contributed by atoms with E-state index in [2.05, 4.69) is 20.3 Å². The van der Waals surface area contributed by atoms with Gasteiger partial charge in [-0.3, -0.25) is 4.98 Å². The van der Waals surface area contributed by atoms with E-state index in [0.717, 1.165) is 35.4 Å². The van der Waals surface area contributed by atoms with Gasteiger partial charge in [-0.15, -0.1) is 0 Å². The van der Waals surface area contributed by atoms with Crippen molar-refractivity contribution in [1.29, 1.82) is 0 Å². The van der Waals surface area contributed by atoms with Crippen LogP contribution < -0.4 is 5.32 Å². The average molecular weight is 260 g/mol. The summed E-state index contributed by atoms with van der Waals surface area (Å²) in [7, 11) is 0. The van der Waals surface area contributed by atoms with Crippen molar-refractivity contribution in [3.63, 3.8) is 0 Å². The number of thioether (sulfide) groups is 1. The van der Waals surface area contributed by atoms with E-state index in [4.69, 9.17) is 0 Å². The molecule has 0 fully saturated rings. The van der Waals surface area contributed by atoms with Gasteiger partial charge >= 0.3 is 0 Å². The Morgan fingerprint density at radius 1 is 1.17 bits per heavy atom. The SMILES string of the molecule is Cc1ccnc(SCCNCc2ccccn2)n1. The van der Waals surface area contributed by atoms with Crippen LogP contribution in [0.4, 0.5) is 0 Å². The number of hydrogen-bond acceptors (Lipinski definition) is 5. The number of aryl methyl sites for hydroxylation is 1. The molecule has 2 heterocycles. The second-order valence-electron chi connectivity index (χ2n) is 3.83. The Morgan fingerprint density at radius 2 is 2.11 bits per heavy atom. The zero-order valence-electron chi connectivity index (χ0n) is 10.3. The van der Waals surface area contributed by atoms with Crippen LogP contribution in [-0.4, -0.2) is 27.2 Å². The normalized spacial score (nSPS) is 10.5. The predicted molar refractivity (Wildman–Crippen MR) is 73.4 cm³/mol. The zero-order valence-corrected chi connectivity index (χ0v) is 11.2. The van der Waals surface area contributed by atoms with E-state index in [0.29, 0.717) is 0 Å². The van der Waals surface area contributed by atoms with Crippen LogP contribution in [0.1, 0.15) is 11.4 Å². The lowest BCUT2D eigenvalue weighted by molar-refractivity contribution is 0.714. The van der Waals surface area contributed by atoms with Gasteiger partial charge in [0.25, 0.3) is 0 Å². The summed E-state index contributed by atoms with van der Waals surface area (Å²) in [5.74, 6) is 0.955. The third kappa shape index (κ3) is 4.43. The molecule has 0 spiro atoms. The van der Waals surface area contributed by atoms with E-state index in [-0.39, 0.29) is 0 Å². The number of rotatable bonds is 6. The van der Waals surface area contributed by atoms with Crippen LogP contribution in [-0.2, 0) is 6.54 Å². The Balaban J connectivity index is 1.65. The molecule has 0 unspecified atom stereocenters. The third-order valence-corrected chi connectivity index (χ3v) is 3.18. The molecule has 2 rings (SSSR count). The number of nitrogens with zero attached hydrogens (tertiary/aromatic N) is 3. The molecule has 94 valence electrons. The second-order valence-corrected chi connectivity index (χ2v) is 4.89. The average Bonchev–Trinajstić information content (AvgIpc) is 2.40. The van der Waals surface area contributed by atoms with Gasteiger partial charge in [-0.05, 0) is 25.1 Å². The van der Waals surface area contributed by atoms with Crippen LogP contribution in [0, 0.1) is 6.92 Å². The van der Waals surface area contributed by atoms with Crippen molar-refractivity contribution in [2.45, 2.75) is 18.6 Å². The Bertz CT molecular complexity index is 475. The molecule has 0 bridgehead atoms. The van der Waals surface area contributed by atoms with Crippen molar-refractivity contribution in [2.24, 2.45) is 0 Å². The molecule has 0 aliphatic carbocycles. The number of pyridine rings is 1. The molecule has 0 aliphatic rings. The summed E-state index contributed by atoms with van der Waals surface area (Å²) in [6.45, 7) is 3.69. The summed E-state index contributed by atoms with van der Waals surface area (Å²) in [6.07, 6.45) is 3.61.